The zero-order valence-electron chi connectivity index (χ0n) is 14.5. The smallest absolute Gasteiger partial charge is 0.270 e. The van der Waals surface area contributed by atoms with Crippen molar-refractivity contribution >= 4 is 39.1 Å². The van der Waals surface area contributed by atoms with Gasteiger partial charge >= 0.3 is 0 Å². The van der Waals surface area contributed by atoms with Gasteiger partial charge in [-0.2, -0.15) is 5.10 Å². The molecule has 8 heteroatoms. The van der Waals surface area contributed by atoms with Crippen LogP contribution in [0.1, 0.15) is 17.7 Å². The second-order valence-electron chi connectivity index (χ2n) is 5.72. The molecule has 0 saturated heterocycles. The highest BCUT2D eigenvalue weighted by Gasteiger charge is 2.08. The van der Waals surface area contributed by atoms with E-state index in [4.69, 9.17) is 4.74 Å². The average molecular weight is 429 g/mol. The number of fused-ring (bicyclic) bond motifs is 1. The number of nitrogens with one attached hydrogen (secondary N) is 2. The number of aromatic nitrogens is 2. The van der Waals surface area contributed by atoms with Gasteiger partial charge in [-0.25, -0.2) is 10.4 Å². The van der Waals surface area contributed by atoms with Crippen LogP contribution in [-0.4, -0.2) is 29.2 Å². The van der Waals surface area contributed by atoms with Crippen LogP contribution < -0.4 is 15.7 Å². The first kappa shape index (κ1) is 18.8. The topological polar surface area (TPSA) is 96.4 Å². The van der Waals surface area contributed by atoms with Crippen molar-refractivity contribution in [2.45, 2.75) is 12.8 Å². The van der Waals surface area contributed by atoms with Crippen LogP contribution in [0.4, 0.5) is 0 Å². The molecule has 0 saturated carbocycles. The van der Waals surface area contributed by atoms with Crippen molar-refractivity contribution in [1.82, 2.24) is 15.4 Å². The first-order chi connectivity index (χ1) is 13.1. The molecule has 27 heavy (non-hydrogen) atoms. The minimum absolute atomic E-state index is 0.109. The monoisotopic (exact) mass is 428 g/mol. The van der Waals surface area contributed by atoms with Crippen molar-refractivity contribution in [3.8, 4) is 5.75 Å². The summed E-state index contributed by atoms with van der Waals surface area (Å²) in [6.45, 7) is 0. The summed E-state index contributed by atoms with van der Waals surface area (Å²) >= 11 is 3.39. The van der Waals surface area contributed by atoms with Crippen LogP contribution in [0.3, 0.4) is 0 Å². The molecule has 1 aromatic heterocycles. The van der Waals surface area contributed by atoms with Gasteiger partial charge in [0.1, 0.15) is 11.4 Å². The van der Waals surface area contributed by atoms with Crippen molar-refractivity contribution in [3.05, 3.63) is 68.5 Å². The fraction of sp³-hybridized carbons (Fsp3) is 0.158. The Morgan fingerprint density at radius 1 is 1.33 bits per heavy atom. The van der Waals surface area contributed by atoms with Crippen LogP contribution in [0.25, 0.3) is 11.0 Å². The summed E-state index contributed by atoms with van der Waals surface area (Å²) in [5, 5.41) is 3.93. The number of para-hydroxylation sites is 2. The number of rotatable bonds is 6. The predicted molar refractivity (Wildman–Crippen MR) is 107 cm³/mol. The van der Waals surface area contributed by atoms with Gasteiger partial charge < -0.3 is 9.72 Å². The maximum absolute atomic E-state index is 12.0. The molecule has 0 bridgehead atoms. The Balaban J connectivity index is 1.58. The van der Waals surface area contributed by atoms with Gasteiger partial charge in [0.25, 0.3) is 5.56 Å². The zero-order valence-corrected chi connectivity index (χ0v) is 16.1. The van der Waals surface area contributed by atoms with E-state index in [1.165, 1.54) is 6.21 Å². The number of benzene rings is 2. The Bertz CT molecular complexity index is 1060. The molecule has 138 valence electrons. The highest BCUT2D eigenvalue weighted by atomic mass is 79.9. The number of H-pyrrole nitrogens is 1. The summed E-state index contributed by atoms with van der Waals surface area (Å²) in [7, 11) is 1.59. The standard InChI is InChI=1S/C19H17BrN4O3/c1-27-17-8-6-12(10-13(17)20)11-21-24-18(25)9-7-16-19(26)23-15-5-3-2-4-14(15)22-16/h2-6,8,10-11H,7,9H2,1H3,(H,23,26)(H,24,25)/b21-11+. The number of carbonyl (C=O) groups is 1. The Hall–Kier alpha value is -3.00. The molecule has 0 fully saturated rings. The second kappa shape index (κ2) is 8.59. The number of aryl methyl sites for hydroxylation is 1. The third-order valence-electron chi connectivity index (χ3n) is 3.84. The van der Waals surface area contributed by atoms with Crippen LogP contribution >= 0.6 is 15.9 Å². The summed E-state index contributed by atoms with van der Waals surface area (Å²) in [5.74, 6) is 0.414. The van der Waals surface area contributed by atoms with E-state index in [9.17, 15) is 9.59 Å². The summed E-state index contributed by atoms with van der Waals surface area (Å²) in [6.07, 6.45) is 1.87. The number of hydrogen-bond acceptors (Lipinski definition) is 5. The summed E-state index contributed by atoms with van der Waals surface area (Å²) in [4.78, 5) is 31.1. The van der Waals surface area contributed by atoms with Crippen LogP contribution in [0.5, 0.6) is 5.75 Å². The Kier molecular flexibility index (Phi) is 5.97. The van der Waals surface area contributed by atoms with Gasteiger partial charge in [0, 0.05) is 12.8 Å². The molecule has 3 rings (SSSR count). The number of carbonyl (C=O) groups excluding carboxylic acids is 1. The first-order valence-corrected chi connectivity index (χ1v) is 8.99. The van der Waals surface area contributed by atoms with Crippen molar-refractivity contribution in [3.63, 3.8) is 0 Å². The van der Waals surface area contributed by atoms with Crippen molar-refractivity contribution < 1.29 is 9.53 Å². The lowest BCUT2D eigenvalue weighted by Crippen LogP contribution is -2.21. The highest BCUT2D eigenvalue weighted by Crippen LogP contribution is 2.24. The Labute approximate surface area is 163 Å². The first-order valence-electron chi connectivity index (χ1n) is 8.20. The second-order valence-corrected chi connectivity index (χ2v) is 6.57. The summed E-state index contributed by atoms with van der Waals surface area (Å²) in [5.41, 5.74) is 4.66. The number of halogens is 1. The van der Waals surface area contributed by atoms with Crippen molar-refractivity contribution in [1.29, 1.82) is 0 Å². The zero-order chi connectivity index (χ0) is 19.2. The number of methoxy groups -OCH3 is 1. The van der Waals surface area contributed by atoms with E-state index >= 15 is 0 Å². The van der Waals surface area contributed by atoms with Gasteiger partial charge in [-0.1, -0.05) is 12.1 Å². The molecule has 7 nitrogen and oxygen atoms in total. The largest absolute Gasteiger partial charge is 0.496 e. The number of nitrogens with zero attached hydrogens (tertiary/aromatic N) is 2. The number of hydrogen-bond donors (Lipinski definition) is 2. The third kappa shape index (κ3) is 4.79. The van der Waals surface area contributed by atoms with Gasteiger partial charge in [0.15, 0.2) is 0 Å². The molecule has 0 aliphatic rings. The number of hydrazone groups is 1. The SMILES string of the molecule is COc1ccc(/C=N/NC(=O)CCc2nc3ccccc3[nH]c2=O)cc1Br. The van der Waals surface area contributed by atoms with E-state index in [0.29, 0.717) is 22.5 Å². The molecule has 0 radical (unpaired) electrons. The molecule has 0 unspecified atom stereocenters. The lowest BCUT2D eigenvalue weighted by molar-refractivity contribution is -0.121. The molecule has 1 amide bonds. The van der Waals surface area contributed by atoms with Crippen molar-refractivity contribution in [2.75, 3.05) is 7.11 Å². The predicted octanol–water partition coefficient (Wildman–Crippen LogP) is 2.78. The number of aromatic amines is 1. The lowest BCUT2D eigenvalue weighted by atomic mass is 10.2. The van der Waals surface area contributed by atoms with Crippen LogP contribution in [0.2, 0.25) is 0 Å². The summed E-state index contributed by atoms with van der Waals surface area (Å²) < 4.78 is 5.95. The van der Waals surface area contributed by atoms with E-state index in [2.05, 4.69) is 36.4 Å². The fourth-order valence-corrected chi connectivity index (χ4v) is 3.02. The minimum atomic E-state index is -0.298. The number of ether oxygens (including phenoxy) is 1. The maximum Gasteiger partial charge on any atom is 0.270 e. The van der Waals surface area contributed by atoms with E-state index < -0.39 is 0 Å². The third-order valence-corrected chi connectivity index (χ3v) is 4.46. The molecule has 0 spiro atoms. The van der Waals surface area contributed by atoms with Crippen molar-refractivity contribution in [2.24, 2.45) is 5.10 Å². The van der Waals surface area contributed by atoms with Gasteiger partial charge in [-0.15, -0.1) is 0 Å². The molecule has 0 aliphatic heterocycles. The minimum Gasteiger partial charge on any atom is -0.496 e. The van der Waals surface area contributed by atoms with Gasteiger partial charge in [-0.05, 0) is 51.8 Å². The van der Waals surface area contributed by atoms with Gasteiger partial charge in [0.05, 0.1) is 28.8 Å². The Morgan fingerprint density at radius 2 is 2.15 bits per heavy atom. The maximum atomic E-state index is 12.0. The van der Waals surface area contributed by atoms with E-state index in [1.807, 2.05) is 30.3 Å². The molecule has 2 N–H and O–H groups in total. The molecule has 0 atom stereocenters. The van der Waals surface area contributed by atoms with E-state index in [-0.39, 0.29) is 24.3 Å². The molecule has 1 heterocycles. The molecular weight excluding hydrogens is 412 g/mol. The van der Waals surface area contributed by atoms with Crippen LogP contribution in [0.15, 0.2) is 56.8 Å². The Morgan fingerprint density at radius 3 is 2.93 bits per heavy atom. The lowest BCUT2D eigenvalue weighted by Gasteiger charge is -2.03. The van der Waals surface area contributed by atoms with Gasteiger partial charge in [-0.3, -0.25) is 9.59 Å². The molecular formula is C19H17BrN4O3. The average Bonchev–Trinajstić information content (AvgIpc) is 2.66. The molecule has 0 aliphatic carbocycles. The quantitative estimate of drug-likeness (QED) is 0.465. The summed E-state index contributed by atoms with van der Waals surface area (Å²) in [6, 6.07) is 12.7. The van der Waals surface area contributed by atoms with E-state index in [1.54, 1.807) is 19.2 Å². The highest BCUT2D eigenvalue weighted by molar-refractivity contribution is 9.10. The molecule has 2 aromatic carbocycles. The van der Waals surface area contributed by atoms with E-state index in [0.717, 1.165) is 10.0 Å². The van der Waals surface area contributed by atoms with Gasteiger partial charge in [0.2, 0.25) is 5.91 Å². The fourth-order valence-electron chi connectivity index (χ4n) is 2.47. The van der Waals surface area contributed by atoms with Crippen LogP contribution in [-0.2, 0) is 11.2 Å². The molecule has 3 aromatic rings. The number of amides is 1. The van der Waals surface area contributed by atoms with Crippen LogP contribution in [0, 0.1) is 0 Å². The normalized spacial score (nSPS) is 11.0.